The SMILES string of the molecule is CCCNCc1cc(Cl)ccc1OCc1sccc1Br. The predicted molar refractivity (Wildman–Crippen MR) is 89.8 cm³/mol. The second kappa shape index (κ2) is 8.03. The maximum Gasteiger partial charge on any atom is 0.124 e. The molecule has 1 aromatic heterocycles. The van der Waals surface area contributed by atoms with Gasteiger partial charge in [0, 0.05) is 21.6 Å². The molecule has 0 aliphatic rings. The molecule has 0 spiro atoms. The fourth-order valence-electron chi connectivity index (χ4n) is 1.80. The van der Waals surface area contributed by atoms with E-state index in [2.05, 4.69) is 28.2 Å². The molecule has 1 N–H and O–H groups in total. The summed E-state index contributed by atoms with van der Waals surface area (Å²) in [5, 5.41) is 6.17. The molecule has 0 saturated carbocycles. The van der Waals surface area contributed by atoms with E-state index in [0.29, 0.717) is 6.61 Å². The van der Waals surface area contributed by atoms with E-state index in [1.807, 2.05) is 29.6 Å². The summed E-state index contributed by atoms with van der Waals surface area (Å²) in [5.74, 6) is 0.887. The summed E-state index contributed by atoms with van der Waals surface area (Å²) in [6.45, 7) is 4.48. The monoisotopic (exact) mass is 373 g/mol. The van der Waals surface area contributed by atoms with Crippen LogP contribution in [-0.4, -0.2) is 6.54 Å². The van der Waals surface area contributed by atoms with Crippen molar-refractivity contribution >= 4 is 38.9 Å². The summed E-state index contributed by atoms with van der Waals surface area (Å²) in [6, 6.07) is 7.80. The van der Waals surface area contributed by atoms with E-state index >= 15 is 0 Å². The molecule has 0 aliphatic carbocycles. The van der Waals surface area contributed by atoms with Crippen LogP contribution in [0.3, 0.4) is 0 Å². The molecule has 0 bridgehead atoms. The van der Waals surface area contributed by atoms with Crippen LogP contribution in [0, 0.1) is 0 Å². The first-order chi connectivity index (χ1) is 9.70. The Labute approximate surface area is 137 Å². The van der Waals surface area contributed by atoms with Crippen molar-refractivity contribution in [3.05, 3.63) is 49.6 Å². The smallest absolute Gasteiger partial charge is 0.124 e. The van der Waals surface area contributed by atoms with Crippen LogP contribution in [0.2, 0.25) is 5.02 Å². The zero-order valence-electron chi connectivity index (χ0n) is 11.3. The van der Waals surface area contributed by atoms with Crippen LogP contribution in [0.15, 0.2) is 34.1 Å². The van der Waals surface area contributed by atoms with E-state index in [1.54, 1.807) is 11.3 Å². The fourth-order valence-corrected chi connectivity index (χ4v) is 3.37. The molecule has 0 unspecified atom stereocenters. The van der Waals surface area contributed by atoms with Crippen LogP contribution >= 0.6 is 38.9 Å². The number of rotatable bonds is 7. The quantitative estimate of drug-likeness (QED) is 0.669. The Kier molecular flexibility index (Phi) is 6.36. The van der Waals surface area contributed by atoms with Crippen LogP contribution in [0.1, 0.15) is 23.8 Å². The molecule has 0 fully saturated rings. The van der Waals surface area contributed by atoms with Gasteiger partial charge in [0.25, 0.3) is 0 Å². The Morgan fingerprint density at radius 2 is 2.20 bits per heavy atom. The lowest BCUT2D eigenvalue weighted by Gasteiger charge is -2.12. The van der Waals surface area contributed by atoms with Crippen molar-refractivity contribution in [3.8, 4) is 5.75 Å². The maximum atomic E-state index is 6.07. The summed E-state index contributed by atoms with van der Waals surface area (Å²) < 4.78 is 7.03. The minimum atomic E-state index is 0.570. The van der Waals surface area contributed by atoms with Crippen LogP contribution in [0.4, 0.5) is 0 Å². The standard InChI is InChI=1S/C15H17BrClNOS/c1-2-6-18-9-11-8-12(17)3-4-14(11)19-10-15-13(16)5-7-20-15/h3-5,7-8,18H,2,6,9-10H2,1H3. The molecule has 108 valence electrons. The van der Waals surface area contributed by atoms with Crippen molar-refractivity contribution in [2.24, 2.45) is 0 Å². The Hall–Kier alpha value is -0.550. The van der Waals surface area contributed by atoms with Crippen molar-refractivity contribution in [2.75, 3.05) is 6.54 Å². The van der Waals surface area contributed by atoms with Crippen LogP contribution in [-0.2, 0) is 13.2 Å². The van der Waals surface area contributed by atoms with Crippen molar-refractivity contribution in [2.45, 2.75) is 26.5 Å². The van der Waals surface area contributed by atoms with E-state index in [-0.39, 0.29) is 0 Å². The number of hydrogen-bond acceptors (Lipinski definition) is 3. The first-order valence-corrected chi connectivity index (χ1v) is 8.59. The molecule has 5 heteroatoms. The largest absolute Gasteiger partial charge is 0.488 e. The number of halogens is 2. The molecule has 1 aromatic carbocycles. The van der Waals surface area contributed by atoms with Gasteiger partial charge in [-0.25, -0.2) is 0 Å². The van der Waals surface area contributed by atoms with Gasteiger partial charge in [-0.3, -0.25) is 0 Å². The first-order valence-electron chi connectivity index (χ1n) is 6.54. The molecule has 0 atom stereocenters. The highest BCUT2D eigenvalue weighted by Gasteiger charge is 2.07. The number of thiophene rings is 1. The number of nitrogens with one attached hydrogen (secondary N) is 1. The molecular weight excluding hydrogens is 358 g/mol. The van der Waals surface area contributed by atoms with Gasteiger partial charge >= 0.3 is 0 Å². The minimum absolute atomic E-state index is 0.570. The highest BCUT2D eigenvalue weighted by atomic mass is 79.9. The molecule has 0 amide bonds. The minimum Gasteiger partial charge on any atom is -0.488 e. The second-order valence-electron chi connectivity index (χ2n) is 4.41. The number of benzene rings is 1. The van der Waals surface area contributed by atoms with Gasteiger partial charge in [-0.1, -0.05) is 18.5 Å². The van der Waals surface area contributed by atoms with E-state index in [0.717, 1.165) is 40.3 Å². The molecule has 20 heavy (non-hydrogen) atoms. The average molecular weight is 375 g/mol. The molecule has 0 saturated heterocycles. The van der Waals surface area contributed by atoms with Crippen molar-refractivity contribution in [1.29, 1.82) is 0 Å². The molecule has 1 heterocycles. The van der Waals surface area contributed by atoms with Gasteiger partial charge in [0.2, 0.25) is 0 Å². The molecule has 2 nitrogen and oxygen atoms in total. The topological polar surface area (TPSA) is 21.3 Å². The third kappa shape index (κ3) is 4.48. The van der Waals surface area contributed by atoms with Gasteiger partial charge in [-0.15, -0.1) is 11.3 Å². The normalized spacial score (nSPS) is 10.8. The highest BCUT2D eigenvalue weighted by molar-refractivity contribution is 9.10. The van der Waals surface area contributed by atoms with Crippen molar-refractivity contribution in [1.82, 2.24) is 5.32 Å². The van der Waals surface area contributed by atoms with E-state index in [9.17, 15) is 0 Å². The Morgan fingerprint density at radius 1 is 1.35 bits per heavy atom. The van der Waals surface area contributed by atoms with Crippen LogP contribution in [0.25, 0.3) is 0 Å². The Morgan fingerprint density at radius 3 is 2.90 bits per heavy atom. The Bertz CT molecular complexity index is 559. The number of hydrogen-bond donors (Lipinski definition) is 1. The summed E-state index contributed by atoms with van der Waals surface area (Å²) in [7, 11) is 0. The van der Waals surface area contributed by atoms with E-state index in [4.69, 9.17) is 16.3 Å². The summed E-state index contributed by atoms with van der Waals surface area (Å²) >= 11 is 11.3. The highest BCUT2D eigenvalue weighted by Crippen LogP contribution is 2.27. The van der Waals surface area contributed by atoms with E-state index in [1.165, 1.54) is 4.88 Å². The lowest BCUT2D eigenvalue weighted by atomic mass is 10.2. The fraction of sp³-hybridized carbons (Fsp3) is 0.333. The van der Waals surface area contributed by atoms with E-state index < -0.39 is 0 Å². The van der Waals surface area contributed by atoms with Crippen molar-refractivity contribution < 1.29 is 4.74 Å². The first kappa shape index (κ1) is 15.8. The maximum absolute atomic E-state index is 6.07. The summed E-state index contributed by atoms with van der Waals surface area (Å²) in [5.41, 5.74) is 1.10. The summed E-state index contributed by atoms with van der Waals surface area (Å²) in [4.78, 5) is 1.19. The van der Waals surface area contributed by atoms with Gasteiger partial charge in [0.15, 0.2) is 0 Å². The zero-order chi connectivity index (χ0) is 14.4. The molecule has 0 radical (unpaired) electrons. The molecule has 2 rings (SSSR count). The van der Waals surface area contributed by atoms with Gasteiger partial charge in [0.05, 0.1) is 4.88 Å². The predicted octanol–water partition coefficient (Wildman–Crippen LogP) is 5.24. The average Bonchev–Trinajstić information content (AvgIpc) is 2.84. The second-order valence-corrected chi connectivity index (χ2v) is 6.70. The van der Waals surface area contributed by atoms with Crippen LogP contribution in [0.5, 0.6) is 5.75 Å². The van der Waals surface area contributed by atoms with Gasteiger partial charge in [-0.05, 0) is 58.5 Å². The molecule has 0 aliphatic heterocycles. The molecule has 2 aromatic rings. The van der Waals surface area contributed by atoms with Crippen LogP contribution < -0.4 is 10.1 Å². The lowest BCUT2D eigenvalue weighted by molar-refractivity contribution is 0.305. The summed E-state index contributed by atoms with van der Waals surface area (Å²) in [6.07, 6.45) is 1.11. The number of ether oxygens (including phenoxy) is 1. The Balaban J connectivity index is 2.04. The zero-order valence-corrected chi connectivity index (χ0v) is 14.4. The molecular formula is C15H17BrClNOS. The third-order valence-corrected chi connectivity index (χ3v) is 4.95. The van der Waals surface area contributed by atoms with Gasteiger partial charge in [-0.2, -0.15) is 0 Å². The van der Waals surface area contributed by atoms with Gasteiger partial charge in [0.1, 0.15) is 12.4 Å². The van der Waals surface area contributed by atoms with Crippen molar-refractivity contribution in [3.63, 3.8) is 0 Å². The van der Waals surface area contributed by atoms with Gasteiger partial charge < -0.3 is 10.1 Å². The lowest BCUT2D eigenvalue weighted by Crippen LogP contribution is -2.14. The third-order valence-electron chi connectivity index (χ3n) is 2.81.